The monoisotopic (exact) mass is 373 g/mol. The third-order valence-corrected chi connectivity index (χ3v) is 4.77. The van der Waals surface area contributed by atoms with E-state index >= 15 is 0 Å². The summed E-state index contributed by atoms with van der Waals surface area (Å²) in [6.45, 7) is 6.04. The van der Waals surface area contributed by atoms with Gasteiger partial charge in [0.2, 0.25) is 0 Å². The van der Waals surface area contributed by atoms with E-state index in [9.17, 15) is 21.6 Å². The van der Waals surface area contributed by atoms with Crippen LogP contribution in [0.3, 0.4) is 0 Å². The summed E-state index contributed by atoms with van der Waals surface area (Å²) < 4.78 is 67.1. The normalized spacial score (nSPS) is 12.7. The predicted octanol–water partition coefficient (Wildman–Crippen LogP) is 4.68. The third-order valence-electron chi connectivity index (χ3n) is 3.37. The van der Waals surface area contributed by atoms with Crippen LogP contribution in [-0.4, -0.2) is 14.8 Å². The van der Waals surface area contributed by atoms with Crippen molar-refractivity contribution < 1.29 is 26.3 Å². The maximum absolute atomic E-state index is 12.4. The molecule has 1 N–H and O–H groups in total. The van der Waals surface area contributed by atoms with Gasteiger partial charge in [-0.1, -0.05) is 32.9 Å². The van der Waals surface area contributed by atoms with E-state index in [1.54, 1.807) is 12.1 Å². The quantitative estimate of drug-likeness (QED) is 0.846. The van der Waals surface area contributed by atoms with Gasteiger partial charge in [0.25, 0.3) is 10.0 Å². The van der Waals surface area contributed by atoms with Crippen molar-refractivity contribution in [1.82, 2.24) is 0 Å². The number of sulfonamides is 1. The Balaban J connectivity index is 2.16. The molecule has 2 aromatic carbocycles. The largest absolute Gasteiger partial charge is 0.573 e. The van der Waals surface area contributed by atoms with Crippen LogP contribution in [0.2, 0.25) is 0 Å². The summed E-state index contributed by atoms with van der Waals surface area (Å²) in [5.41, 5.74) is 1.01. The number of alkyl halides is 3. The number of halogens is 3. The number of nitrogens with one attached hydrogen (secondary N) is 1. The zero-order valence-electron chi connectivity index (χ0n) is 13.9. The Morgan fingerprint density at radius 1 is 0.880 bits per heavy atom. The van der Waals surface area contributed by atoms with Gasteiger partial charge < -0.3 is 4.74 Å². The van der Waals surface area contributed by atoms with E-state index in [0.29, 0.717) is 0 Å². The van der Waals surface area contributed by atoms with Gasteiger partial charge in [-0.15, -0.1) is 13.2 Å². The molecule has 0 aromatic heterocycles. The van der Waals surface area contributed by atoms with Gasteiger partial charge in [-0.2, -0.15) is 0 Å². The lowest BCUT2D eigenvalue weighted by molar-refractivity contribution is -0.274. The fraction of sp³-hybridized carbons (Fsp3) is 0.294. The minimum Gasteiger partial charge on any atom is -0.406 e. The van der Waals surface area contributed by atoms with Crippen molar-refractivity contribution in [3.63, 3.8) is 0 Å². The van der Waals surface area contributed by atoms with Gasteiger partial charge in [0, 0.05) is 5.69 Å². The second-order valence-corrected chi connectivity index (χ2v) is 8.13. The molecular weight excluding hydrogens is 355 g/mol. The molecule has 0 bridgehead atoms. The molecule has 0 atom stereocenters. The number of hydrogen-bond donors (Lipinski definition) is 1. The van der Waals surface area contributed by atoms with Gasteiger partial charge in [-0.3, -0.25) is 4.72 Å². The molecular formula is C17H18F3NO3S. The van der Waals surface area contributed by atoms with Crippen LogP contribution in [-0.2, 0) is 15.4 Å². The summed E-state index contributed by atoms with van der Waals surface area (Å²) in [5.74, 6) is -0.426. The van der Waals surface area contributed by atoms with Crippen LogP contribution in [0.4, 0.5) is 18.9 Å². The Kier molecular flexibility index (Phi) is 5.04. The fourth-order valence-corrected chi connectivity index (χ4v) is 3.13. The van der Waals surface area contributed by atoms with E-state index in [1.807, 2.05) is 20.8 Å². The number of benzene rings is 2. The van der Waals surface area contributed by atoms with E-state index < -0.39 is 22.1 Å². The molecule has 0 saturated heterocycles. The Morgan fingerprint density at radius 3 is 1.84 bits per heavy atom. The van der Waals surface area contributed by atoms with Crippen LogP contribution in [0.25, 0.3) is 0 Å². The van der Waals surface area contributed by atoms with Gasteiger partial charge in [0.15, 0.2) is 0 Å². The maximum Gasteiger partial charge on any atom is 0.573 e. The SMILES string of the molecule is CC(C)(C)c1ccc(S(=O)(=O)Nc2ccc(OC(F)(F)F)cc2)cc1. The molecule has 136 valence electrons. The molecule has 0 heterocycles. The topological polar surface area (TPSA) is 55.4 Å². The number of rotatable bonds is 4. The van der Waals surface area contributed by atoms with Crippen LogP contribution >= 0.6 is 0 Å². The maximum atomic E-state index is 12.4. The van der Waals surface area contributed by atoms with Crippen molar-refractivity contribution in [3.8, 4) is 5.75 Å². The molecule has 0 spiro atoms. The highest BCUT2D eigenvalue weighted by molar-refractivity contribution is 7.92. The van der Waals surface area contributed by atoms with Crippen LogP contribution in [0, 0.1) is 0 Å². The van der Waals surface area contributed by atoms with E-state index in [0.717, 1.165) is 17.7 Å². The zero-order chi connectivity index (χ0) is 18.9. The molecule has 8 heteroatoms. The minimum atomic E-state index is -4.80. The summed E-state index contributed by atoms with van der Waals surface area (Å²) in [5, 5.41) is 0. The lowest BCUT2D eigenvalue weighted by Crippen LogP contribution is -2.17. The molecule has 4 nitrogen and oxygen atoms in total. The zero-order valence-corrected chi connectivity index (χ0v) is 14.7. The van der Waals surface area contributed by atoms with Crippen LogP contribution in [0.1, 0.15) is 26.3 Å². The molecule has 0 saturated carbocycles. The van der Waals surface area contributed by atoms with E-state index in [-0.39, 0.29) is 16.0 Å². The number of anilines is 1. The molecule has 0 unspecified atom stereocenters. The lowest BCUT2D eigenvalue weighted by Gasteiger charge is -2.19. The van der Waals surface area contributed by atoms with Crippen molar-refractivity contribution >= 4 is 15.7 Å². The van der Waals surface area contributed by atoms with Crippen LogP contribution < -0.4 is 9.46 Å². The highest BCUT2D eigenvalue weighted by Gasteiger charge is 2.31. The molecule has 2 aromatic rings. The Bertz CT molecular complexity index is 821. The summed E-state index contributed by atoms with van der Waals surface area (Å²) in [6.07, 6.45) is -4.80. The van der Waals surface area contributed by atoms with Crippen LogP contribution in [0.5, 0.6) is 5.75 Å². The molecule has 0 radical (unpaired) electrons. The fourth-order valence-electron chi connectivity index (χ4n) is 2.07. The van der Waals surface area contributed by atoms with Crippen molar-refractivity contribution in [2.45, 2.75) is 37.4 Å². The van der Waals surface area contributed by atoms with Gasteiger partial charge in [-0.25, -0.2) is 8.42 Å². The van der Waals surface area contributed by atoms with Crippen molar-refractivity contribution in [1.29, 1.82) is 0 Å². The molecule has 0 fully saturated rings. The first kappa shape index (κ1) is 19.1. The van der Waals surface area contributed by atoms with Crippen molar-refractivity contribution in [2.24, 2.45) is 0 Å². The highest BCUT2D eigenvalue weighted by Crippen LogP contribution is 2.26. The lowest BCUT2D eigenvalue weighted by atomic mass is 9.87. The van der Waals surface area contributed by atoms with Gasteiger partial charge in [0.05, 0.1) is 4.90 Å². The second-order valence-electron chi connectivity index (χ2n) is 6.45. The summed E-state index contributed by atoms with van der Waals surface area (Å²) in [4.78, 5) is 0.0659. The third kappa shape index (κ3) is 5.38. The summed E-state index contributed by atoms with van der Waals surface area (Å²) >= 11 is 0. The molecule has 0 aliphatic rings. The van der Waals surface area contributed by atoms with E-state index in [4.69, 9.17) is 0 Å². The van der Waals surface area contributed by atoms with Crippen molar-refractivity contribution in [3.05, 3.63) is 54.1 Å². The predicted molar refractivity (Wildman–Crippen MR) is 89.1 cm³/mol. The standard InChI is InChI=1S/C17H18F3NO3S/c1-16(2,3)12-4-10-15(11-5-12)25(22,23)21-13-6-8-14(9-7-13)24-17(18,19)20/h4-11,21H,1-3H3. The molecule has 0 aliphatic carbocycles. The molecule has 0 amide bonds. The average molecular weight is 373 g/mol. The van der Waals surface area contributed by atoms with Crippen molar-refractivity contribution in [2.75, 3.05) is 4.72 Å². The Labute approximate surface area is 144 Å². The summed E-state index contributed by atoms with van der Waals surface area (Å²) in [6, 6.07) is 10.9. The minimum absolute atomic E-state index is 0.0659. The molecule has 2 rings (SSSR count). The first-order valence-electron chi connectivity index (χ1n) is 7.36. The summed E-state index contributed by atoms with van der Waals surface area (Å²) in [7, 11) is -3.84. The van der Waals surface area contributed by atoms with Crippen LogP contribution in [0.15, 0.2) is 53.4 Å². The number of ether oxygens (including phenoxy) is 1. The first-order valence-corrected chi connectivity index (χ1v) is 8.84. The Hall–Kier alpha value is -2.22. The highest BCUT2D eigenvalue weighted by atomic mass is 32.2. The number of hydrogen-bond acceptors (Lipinski definition) is 3. The Morgan fingerprint density at radius 2 is 1.40 bits per heavy atom. The average Bonchev–Trinajstić information content (AvgIpc) is 2.47. The van der Waals surface area contributed by atoms with E-state index in [2.05, 4.69) is 9.46 Å². The van der Waals surface area contributed by atoms with Gasteiger partial charge in [-0.05, 0) is 47.4 Å². The van der Waals surface area contributed by atoms with Gasteiger partial charge >= 0.3 is 6.36 Å². The van der Waals surface area contributed by atoms with Gasteiger partial charge in [0.1, 0.15) is 5.75 Å². The smallest absolute Gasteiger partial charge is 0.406 e. The molecule has 0 aliphatic heterocycles. The van der Waals surface area contributed by atoms with E-state index in [1.165, 1.54) is 24.3 Å². The molecule has 25 heavy (non-hydrogen) atoms. The first-order chi connectivity index (χ1) is 11.4. The second kappa shape index (κ2) is 6.59.